The Labute approximate surface area is 198 Å². The van der Waals surface area contributed by atoms with Crippen molar-refractivity contribution < 1.29 is 28.4 Å². The lowest BCUT2D eigenvalue weighted by molar-refractivity contribution is -0.146. The van der Waals surface area contributed by atoms with Gasteiger partial charge in [-0.25, -0.2) is 0 Å². The van der Waals surface area contributed by atoms with E-state index in [1.165, 1.54) is 0 Å². The van der Waals surface area contributed by atoms with Crippen LogP contribution in [0.2, 0.25) is 0 Å². The third kappa shape index (κ3) is 3.54. The van der Waals surface area contributed by atoms with Crippen molar-refractivity contribution in [1.29, 1.82) is 0 Å². The molecule has 2 N–H and O–H groups in total. The van der Waals surface area contributed by atoms with Crippen molar-refractivity contribution in [2.24, 2.45) is 11.8 Å². The minimum Gasteiger partial charge on any atom is -0.376 e. The van der Waals surface area contributed by atoms with E-state index in [0.717, 1.165) is 12.8 Å². The molecule has 10 nitrogen and oxygen atoms in total. The third-order valence-electron chi connectivity index (χ3n) is 7.13. The number of hydrogen-bond acceptors (Lipinski definition) is 7. The lowest BCUT2D eigenvalue weighted by atomic mass is 9.70. The number of nitrogens with zero attached hydrogens (tertiary/aromatic N) is 2. The molecule has 4 aliphatic rings. The predicted molar refractivity (Wildman–Crippen MR) is 121 cm³/mol. The van der Waals surface area contributed by atoms with Crippen LogP contribution in [0.15, 0.2) is 22.7 Å². The second kappa shape index (κ2) is 7.64. The van der Waals surface area contributed by atoms with Gasteiger partial charge in [0.25, 0.3) is 0 Å². The molecule has 3 fully saturated rings. The molecular formula is C24H32N4O6. The molecule has 0 unspecified atom stereocenters. The van der Waals surface area contributed by atoms with Crippen molar-refractivity contribution in [3.63, 3.8) is 0 Å². The topological polar surface area (TPSA) is 123 Å². The summed E-state index contributed by atoms with van der Waals surface area (Å²) in [4.78, 5) is 42.5. The smallest absolute Gasteiger partial charge is 0.246 e. The second-order valence-electron chi connectivity index (χ2n) is 11.0. The molecular weight excluding hydrogens is 440 g/mol. The van der Waals surface area contributed by atoms with Crippen LogP contribution in [0.3, 0.4) is 0 Å². The van der Waals surface area contributed by atoms with Crippen LogP contribution in [-0.2, 0) is 23.9 Å². The summed E-state index contributed by atoms with van der Waals surface area (Å²) >= 11 is 0. The lowest BCUT2D eigenvalue weighted by Gasteiger charge is -2.35. The number of hydrogen-bond donors (Lipinski definition) is 2. The molecule has 4 aliphatic heterocycles. The summed E-state index contributed by atoms with van der Waals surface area (Å²) in [5.41, 5.74) is -2.77. The van der Waals surface area contributed by atoms with Crippen LogP contribution in [0.5, 0.6) is 0 Å². The number of carbonyl (C=O) groups excluding carboxylic acids is 3. The molecule has 1 aromatic heterocycles. The van der Waals surface area contributed by atoms with Gasteiger partial charge in [-0.2, -0.15) is 0 Å². The number of anilines is 1. The van der Waals surface area contributed by atoms with Crippen LogP contribution in [0.25, 0.3) is 0 Å². The second-order valence-corrected chi connectivity index (χ2v) is 11.0. The fourth-order valence-electron chi connectivity index (χ4n) is 5.90. The van der Waals surface area contributed by atoms with Gasteiger partial charge in [0.05, 0.1) is 23.5 Å². The average Bonchev–Trinajstić information content (AvgIpc) is 3.50. The van der Waals surface area contributed by atoms with Crippen LogP contribution < -0.4 is 10.6 Å². The Bertz CT molecular complexity index is 1050. The first kappa shape index (κ1) is 23.0. The van der Waals surface area contributed by atoms with Gasteiger partial charge in [-0.15, -0.1) is 0 Å². The summed E-state index contributed by atoms with van der Waals surface area (Å²) in [7, 11) is 0. The van der Waals surface area contributed by atoms with E-state index >= 15 is 0 Å². The van der Waals surface area contributed by atoms with Crippen LogP contribution in [0.1, 0.15) is 46.3 Å². The quantitative estimate of drug-likeness (QED) is 0.624. The minimum atomic E-state index is -1.23. The number of carbonyl (C=O) groups is 3. The molecule has 184 valence electrons. The third-order valence-corrected chi connectivity index (χ3v) is 7.13. The molecule has 34 heavy (non-hydrogen) atoms. The van der Waals surface area contributed by atoms with Crippen LogP contribution in [0, 0.1) is 18.8 Å². The number of aromatic nitrogens is 1. The summed E-state index contributed by atoms with van der Waals surface area (Å²) in [6, 6.07) is 0.707. The number of ether oxygens (including phenoxy) is 2. The van der Waals surface area contributed by atoms with Crippen molar-refractivity contribution >= 4 is 23.5 Å². The summed E-state index contributed by atoms with van der Waals surface area (Å²) < 4.78 is 17.3. The van der Waals surface area contributed by atoms with Crippen molar-refractivity contribution in [2.75, 3.05) is 18.5 Å². The Kier molecular flexibility index (Phi) is 5.18. The highest BCUT2D eigenvalue weighted by Crippen LogP contribution is 2.59. The standard InChI is InChI=1S/C24H32N4O6/c1-13-11-15(27-33-13)25-19(29)16-17-21(31)28(12-14-7-6-10-32-14)18(20(30)26-22(2,3)4)24(17)9-8-23(16,5)34-24/h8-9,11,14,16-18H,6-7,10,12H2,1-5H3,(H,26,30)(H,25,27,29)/t14-,16+,17-,18+,23-,24+/m0/s1. The number of rotatable bonds is 5. The number of nitrogens with one attached hydrogen (secondary N) is 2. The van der Waals surface area contributed by atoms with E-state index < -0.39 is 40.5 Å². The van der Waals surface area contributed by atoms with Gasteiger partial charge in [0.2, 0.25) is 17.7 Å². The molecule has 6 atom stereocenters. The number of aryl methyl sites for hydroxylation is 1. The number of fused-ring (bicyclic) bond motifs is 1. The molecule has 0 aromatic carbocycles. The Balaban J connectivity index is 1.51. The van der Waals surface area contributed by atoms with E-state index in [-0.39, 0.29) is 30.3 Å². The highest BCUT2D eigenvalue weighted by molar-refractivity contribution is 6.03. The Morgan fingerprint density at radius 3 is 2.65 bits per heavy atom. The number of likely N-dealkylation sites (tertiary alicyclic amines) is 1. The molecule has 2 bridgehead atoms. The molecule has 0 radical (unpaired) electrons. The van der Waals surface area contributed by atoms with Crippen LogP contribution >= 0.6 is 0 Å². The number of amides is 3. The first-order valence-corrected chi connectivity index (χ1v) is 11.8. The van der Waals surface area contributed by atoms with Gasteiger partial charge in [-0.3, -0.25) is 14.4 Å². The highest BCUT2D eigenvalue weighted by Gasteiger charge is 2.76. The predicted octanol–water partition coefficient (Wildman–Crippen LogP) is 1.56. The first-order valence-electron chi connectivity index (χ1n) is 11.8. The van der Waals surface area contributed by atoms with Gasteiger partial charge in [0.1, 0.15) is 17.4 Å². The van der Waals surface area contributed by atoms with E-state index in [1.807, 2.05) is 32.9 Å². The van der Waals surface area contributed by atoms with Crippen molar-refractivity contribution in [3.8, 4) is 0 Å². The van der Waals surface area contributed by atoms with Crippen molar-refractivity contribution in [1.82, 2.24) is 15.4 Å². The molecule has 3 amide bonds. The average molecular weight is 473 g/mol. The zero-order valence-electron chi connectivity index (χ0n) is 20.2. The van der Waals surface area contributed by atoms with Crippen LogP contribution in [0.4, 0.5) is 5.82 Å². The monoisotopic (exact) mass is 472 g/mol. The molecule has 3 saturated heterocycles. The molecule has 1 aromatic rings. The maximum absolute atomic E-state index is 13.9. The van der Waals surface area contributed by atoms with Gasteiger partial charge in [0, 0.05) is 24.8 Å². The summed E-state index contributed by atoms with van der Waals surface area (Å²) in [5.74, 6) is -1.81. The molecule has 0 saturated carbocycles. The largest absolute Gasteiger partial charge is 0.376 e. The fourth-order valence-corrected chi connectivity index (χ4v) is 5.90. The summed E-state index contributed by atoms with van der Waals surface area (Å²) in [5, 5.41) is 9.62. The van der Waals surface area contributed by atoms with Gasteiger partial charge in [0.15, 0.2) is 5.82 Å². The zero-order valence-corrected chi connectivity index (χ0v) is 20.2. The highest BCUT2D eigenvalue weighted by atomic mass is 16.5. The Morgan fingerprint density at radius 2 is 2.03 bits per heavy atom. The maximum Gasteiger partial charge on any atom is 0.246 e. The minimum absolute atomic E-state index is 0.147. The van der Waals surface area contributed by atoms with Gasteiger partial charge < -0.3 is 29.5 Å². The first-order chi connectivity index (χ1) is 15.9. The van der Waals surface area contributed by atoms with Gasteiger partial charge in [-0.1, -0.05) is 17.3 Å². The van der Waals surface area contributed by atoms with Crippen LogP contribution in [-0.4, -0.2) is 69.8 Å². The molecule has 5 rings (SSSR count). The zero-order chi connectivity index (χ0) is 24.5. The van der Waals surface area contributed by atoms with Gasteiger partial charge in [-0.05, 0) is 47.5 Å². The summed E-state index contributed by atoms with van der Waals surface area (Å²) in [6.07, 6.45) is 5.20. The summed E-state index contributed by atoms with van der Waals surface area (Å²) in [6.45, 7) is 10.1. The van der Waals surface area contributed by atoms with Crippen molar-refractivity contribution in [3.05, 3.63) is 24.0 Å². The lowest BCUT2D eigenvalue weighted by Crippen LogP contribution is -2.58. The fraction of sp³-hybridized carbons (Fsp3) is 0.667. The van der Waals surface area contributed by atoms with E-state index in [0.29, 0.717) is 12.4 Å². The molecule has 10 heteroatoms. The van der Waals surface area contributed by atoms with E-state index in [1.54, 1.807) is 24.8 Å². The van der Waals surface area contributed by atoms with E-state index in [4.69, 9.17) is 14.0 Å². The SMILES string of the molecule is Cc1cc(NC(=O)[C@H]2[C@H]3C(=O)N(C[C@@H]4CCCO4)[C@H](C(=O)NC(C)(C)C)[C@@]34C=C[C@]2(C)O4)no1. The maximum atomic E-state index is 13.9. The Hall–Kier alpha value is -2.72. The Morgan fingerprint density at radius 1 is 1.26 bits per heavy atom. The van der Waals surface area contributed by atoms with E-state index in [2.05, 4.69) is 15.8 Å². The van der Waals surface area contributed by atoms with Crippen molar-refractivity contribution in [2.45, 2.75) is 76.3 Å². The van der Waals surface area contributed by atoms with Gasteiger partial charge >= 0.3 is 0 Å². The molecule has 1 spiro atoms. The van der Waals surface area contributed by atoms with E-state index in [9.17, 15) is 14.4 Å². The molecule has 5 heterocycles. The normalized spacial score (nSPS) is 36.3. The molecule has 0 aliphatic carbocycles.